The maximum atomic E-state index is 13.8. The second-order valence-corrected chi connectivity index (χ2v) is 2.95. The van der Waals surface area contributed by atoms with E-state index < -0.39 is 5.67 Å². The van der Waals surface area contributed by atoms with Crippen molar-refractivity contribution < 1.29 is 4.39 Å². The molecule has 1 atom stereocenters. The Labute approximate surface area is 71.4 Å². The third kappa shape index (κ3) is 1.48. The second kappa shape index (κ2) is 3.23. The fourth-order valence-electron chi connectivity index (χ4n) is 1.07. The van der Waals surface area contributed by atoms with Crippen LogP contribution in [0.2, 0.25) is 0 Å². The van der Waals surface area contributed by atoms with Gasteiger partial charge in [0.2, 0.25) is 0 Å². The fourth-order valence-corrected chi connectivity index (χ4v) is 1.07. The molecule has 0 aliphatic carbocycles. The minimum atomic E-state index is -1.46. The SMILES string of the molecule is CCC(F)(CN)c1cn(C)cn1. The van der Waals surface area contributed by atoms with Gasteiger partial charge in [-0.1, -0.05) is 6.92 Å². The van der Waals surface area contributed by atoms with Crippen LogP contribution in [0.25, 0.3) is 0 Å². The standard InChI is InChI=1S/C8H14FN3/c1-3-8(9,5-10)7-4-12(2)6-11-7/h4,6H,3,5,10H2,1-2H3. The summed E-state index contributed by atoms with van der Waals surface area (Å²) < 4.78 is 15.5. The van der Waals surface area contributed by atoms with E-state index in [1.807, 2.05) is 7.05 Å². The second-order valence-electron chi connectivity index (χ2n) is 2.95. The molecule has 1 heterocycles. The molecule has 0 spiro atoms. The third-order valence-corrected chi connectivity index (χ3v) is 2.05. The number of hydrogen-bond acceptors (Lipinski definition) is 2. The molecule has 0 fully saturated rings. The first-order valence-corrected chi connectivity index (χ1v) is 4.00. The van der Waals surface area contributed by atoms with Gasteiger partial charge in [-0.25, -0.2) is 9.37 Å². The highest BCUT2D eigenvalue weighted by molar-refractivity contribution is 5.09. The smallest absolute Gasteiger partial charge is 0.166 e. The number of nitrogens with two attached hydrogens (primary N) is 1. The van der Waals surface area contributed by atoms with Gasteiger partial charge in [0.1, 0.15) is 0 Å². The summed E-state index contributed by atoms with van der Waals surface area (Å²) in [6.07, 6.45) is 3.60. The Morgan fingerprint density at radius 2 is 2.42 bits per heavy atom. The highest BCUT2D eigenvalue weighted by Crippen LogP contribution is 2.26. The van der Waals surface area contributed by atoms with Gasteiger partial charge in [0, 0.05) is 19.8 Å². The maximum Gasteiger partial charge on any atom is 0.166 e. The number of aromatic nitrogens is 2. The minimum absolute atomic E-state index is 0.0134. The first-order chi connectivity index (χ1) is 5.62. The monoisotopic (exact) mass is 171 g/mol. The minimum Gasteiger partial charge on any atom is -0.340 e. The Kier molecular flexibility index (Phi) is 2.47. The zero-order chi connectivity index (χ0) is 9.19. The molecule has 0 radical (unpaired) electrons. The lowest BCUT2D eigenvalue weighted by Gasteiger charge is -2.18. The molecule has 1 rings (SSSR count). The molecule has 4 heteroatoms. The van der Waals surface area contributed by atoms with Crippen LogP contribution in [0.4, 0.5) is 4.39 Å². The van der Waals surface area contributed by atoms with Crippen molar-refractivity contribution >= 4 is 0 Å². The molecule has 3 nitrogen and oxygen atoms in total. The van der Waals surface area contributed by atoms with E-state index in [1.165, 1.54) is 0 Å². The normalized spacial score (nSPS) is 16.0. The molecule has 0 aromatic carbocycles. The Bertz CT molecular complexity index is 253. The molecule has 12 heavy (non-hydrogen) atoms. The summed E-state index contributed by atoms with van der Waals surface area (Å²) in [6, 6.07) is 0. The van der Waals surface area contributed by atoms with Gasteiger partial charge in [0.05, 0.1) is 12.0 Å². The van der Waals surface area contributed by atoms with E-state index in [9.17, 15) is 4.39 Å². The van der Waals surface area contributed by atoms with Crippen molar-refractivity contribution in [3.63, 3.8) is 0 Å². The highest BCUT2D eigenvalue weighted by Gasteiger charge is 2.30. The number of alkyl halides is 1. The van der Waals surface area contributed by atoms with E-state index in [0.29, 0.717) is 12.1 Å². The predicted molar refractivity (Wildman–Crippen MR) is 45.3 cm³/mol. The first-order valence-electron chi connectivity index (χ1n) is 4.00. The summed E-state index contributed by atoms with van der Waals surface area (Å²) in [6.45, 7) is 1.75. The summed E-state index contributed by atoms with van der Waals surface area (Å²) >= 11 is 0. The number of nitrogens with zero attached hydrogens (tertiary/aromatic N) is 2. The molecular weight excluding hydrogens is 157 g/mol. The fraction of sp³-hybridized carbons (Fsp3) is 0.625. The Morgan fingerprint density at radius 3 is 2.75 bits per heavy atom. The van der Waals surface area contributed by atoms with Crippen LogP contribution in [0, 0.1) is 0 Å². The van der Waals surface area contributed by atoms with Crippen LogP contribution in [0.15, 0.2) is 12.5 Å². The lowest BCUT2D eigenvalue weighted by atomic mass is 10.00. The van der Waals surface area contributed by atoms with Gasteiger partial charge < -0.3 is 10.3 Å². The Balaban J connectivity index is 2.94. The van der Waals surface area contributed by atoms with Crippen molar-refractivity contribution in [3.8, 4) is 0 Å². The van der Waals surface area contributed by atoms with E-state index in [1.54, 1.807) is 24.0 Å². The topological polar surface area (TPSA) is 43.8 Å². The quantitative estimate of drug-likeness (QED) is 0.736. The van der Waals surface area contributed by atoms with Gasteiger partial charge in [0.25, 0.3) is 0 Å². The molecule has 1 unspecified atom stereocenters. The molecule has 0 bridgehead atoms. The van der Waals surface area contributed by atoms with Crippen molar-refractivity contribution in [2.75, 3.05) is 6.54 Å². The number of halogens is 1. The van der Waals surface area contributed by atoms with Gasteiger partial charge in [-0.2, -0.15) is 0 Å². The molecular formula is C8H14FN3. The van der Waals surface area contributed by atoms with Gasteiger partial charge in [0.15, 0.2) is 5.67 Å². The van der Waals surface area contributed by atoms with Crippen molar-refractivity contribution in [1.29, 1.82) is 0 Å². The van der Waals surface area contributed by atoms with Crippen molar-refractivity contribution in [2.24, 2.45) is 12.8 Å². The lowest BCUT2D eigenvalue weighted by Crippen LogP contribution is -2.29. The number of aryl methyl sites for hydroxylation is 1. The zero-order valence-electron chi connectivity index (χ0n) is 7.42. The van der Waals surface area contributed by atoms with Crippen LogP contribution in [0.3, 0.4) is 0 Å². The Hall–Kier alpha value is -0.900. The van der Waals surface area contributed by atoms with Gasteiger partial charge in [-0.15, -0.1) is 0 Å². The largest absolute Gasteiger partial charge is 0.340 e. The molecule has 68 valence electrons. The van der Waals surface area contributed by atoms with Crippen LogP contribution < -0.4 is 5.73 Å². The van der Waals surface area contributed by atoms with E-state index in [-0.39, 0.29) is 6.54 Å². The molecule has 0 amide bonds. The summed E-state index contributed by atoms with van der Waals surface area (Å²) in [7, 11) is 1.81. The first kappa shape index (κ1) is 9.19. The van der Waals surface area contributed by atoms with E-state index in [0.717, 1.165) is 0 Å². The predicted octanol–water partition coefficient (Wildman–Crippen LogP) is 0.954. The highest BCUT2D eigenvalue weighted by atomic mass is 19.1. The van der Waals surface area contributed by atoms with E-state index >= 15 is 0 Å². The molecule has 0 aliphatic heterocycles. The van der Waals surface area contributed by atoms with E-state index in [4.69, 9.17) is 5.73 Å². The van der Waals surface area contributed by atoms with Crippen molar-refractivity contribution in [1.82, 2.24) is 9.55 Å². The van der Waals surface area contributed by atoms with Crippen LogP contribution >= 0.6 is 0 Å². The number of rotatable bonds is 3. The zero-order valence-corrected chi connectivity index (χ0v) is 7.42. The van der Waals surface area contributed by atoms with Crippen LogP contribution in [-0.2, 0) is 12.7 Å². The summed E-state index contributed by atoms with van der Waals surface area (Å²) in [5.74, 6) is 0. The number of hydrogen-bond donors (Lipinski definition) is 1. The van der Waals surface area contributed by atoms with Gasteiger partial charge in [-0.05, 0) is 6.42 Å². The summed E-state index contributed by atoms with van der Waals surface area (Å²) in [5.41, 5.74) is 4.30. The molecule has 0 aliphatic rings. The van der Waals surface area contributed by atoms with Crippen LogP contribution in [0.1, 0.15) is 19.0 Å². The van der Waals surface area contributed by atoms with E-state index in [2.05, 4.69) is 4.98 Å². The summed E-state index contributed by atoms with van der Waals surface area (Å²) in [4.78, 5) is 3.94. The number of imidazole rings is 1. The van der Waals surface area contributed by atoms with Gasteiger partial charge >= 0.3 is 0 Å². The Morgan fingerprint density at radius 1 is 1.75 bits per heavy atom. The summed E-state index contributed by atoms with van der Waals surface area (Å²) in [5, 5.41) is 0. The average Bonchev–Trinajstić information content (AvgIpc) is 2.51. The molecule has 1 aromatic rings. The maximum absolute atomic E-state index is 13.8. The van der Waals surface area contributed by atoms with Crippen molar-refractivity contribution in [2.45, 2.75) is 19.0 Å². The average molecular weight is 171 g/mol. The molecule has 0 saturated heterocycles. The van der Waals surface area contributed by atoms with Crippen LogP contribution in [0.5, 0.6) is 0 Å². The molecule has 1 aromatic heterocycles. The molecule has 0 saturated carbocycles. The lowest BCUT2D eigenvalue weighted by molar-refractivity contribution is 0.163. The van der Waals surface area contributed by atoms with Crippen LogP contribution in [-0.4, -0.2) is 16.1 Å². The third-order valence-electron chi connectivity index (χ3n) is 2.05. The molecule has 2 N–H and O–H groups in total. The van der Waals surface area contributed by atoms with Crippen molar-refractivity contribution in [3.05, 3.63) is 18.2 Å². The van der Waals surface area contributed by atoms with Gasteiger partial charge in [-0.3, -0.25) is 0 Å².